The molecule has 1 aromatic heterocycles. The van der Waals surface area contributed by atoms with Crippen LogP contribution in [0, 0.1) is 17.8 Å². The van der Waals surface area contributed by atoms with Crippen LogP contribution in [0.5, 0.6) is 5.75 Å². The molecule has 0 bridgehead atoms. The molecule has 206 valence electrons. The zero-order chi connectivity index (χ0) is 27.6. The van der Waals surface area contributed by atoms with Crippen molar-refractivity contribution in [3.8, 4) is 5.75 Å². The molecule has 2 aromatic carbocycles. The van der Waals surface area contributed by atoms with Crippen LogP contribution in [0.25, 0.3) is 11.6 Å². The third-order valence-corrected chi connectivity index (χ3v) is 8.36. The maximum absolute atomic E-state index is 13.1. The van der Waals surface area contributed by atoms with Gasteiger partial charge in [-0.1, -0.05) is 48.5 Å². The number of aliphatic hydroxyl groups excluding tert-OH is 1. The summed E-state index contributed by atoms with van der Waals surface area (Å²) >= 11 is 0. The van der Waals surface area contributed by atoms with Crippen LogP contribution in [-0.4, -0.2) is 48.2 Å². The largest absolute Gasteiger partial charge is 0.489 e. The Balaban J connectivity index is 1.29. The molecule has 40 heavy (non-hydrogen) atoms. The molecule has 3 aliphatic rings. The standard InChI is InChI=1S/C33H33NO6/c1-34-32(36)27-17-23(19-38-24-10-6-3-7-11-24)30-28(31(27)33(34)37)20-39-29(30)15-12-22(21-8-4-2-5-9-21)16-25-13-14-26(18-35)40-25/h2-11,13-14,16,27-29,31,35H,12,15,17-20H2,1H3/b22-16-/t27-,28+,29-,31-/m1/s1. The molecule has 0 unspecified atom stereocenters. The van der Waals surface area contributed by atoms with Gasteiger partial charge in [-0.3, -0.25) is 14.5 Å². The van der Waals surface area contributed by atoms with Crippen molar-refractivity contribution in [2.75, 3.05) is 20.3 Å². The maximum Gasteiger partial charge on any atom is 0.233 e. The van der Waals surface area contributed by atoms with Gasteiger partial charge in [-0.25, -0.2) is 0 Å². The highest BCUT2D eigenvalue weighted by Gasteiger charge is 2.56. The van der Waals surface area contributed by atoms with E-state index in [0.717, 1.165) is 28.0 Å². The number of ether oxygens (including phenoxy) is 2. The van der Waals surface area contributed by atoms with Crippen LogP contribution in [0.4, 0.5) is 0 Å². The van der Waals surface area contributed by atoms with Crippen LogP contribution in [-0.2, 0) is 20.9 Å². The quantitative estimate of drug-likeness (QED) is 0.300. The highest BCUT2D eigenvalue weighted by Crippen LogP contribution is 2.49. The van der Waals surface area contributed by atoms with E-state index in [2.05, 4.69) is 12.1 Å². The molecule has 6 rings (SSSR count). The summed E-state index contributed by atoms with van der Waals surface area (Å²) in [5.41, 5.74) is 4.37. The van der Waals surface area contributed by atoms with Crippen LogP contribution in [0.3, 0.4) is 0 Å². The Morgan fingerprint density at radius 1 is 1.00 bits per heavy atom. The van der Waals surface area contributed by atoms with Crippen molar-refractivity contribution >= 4 is 23.5 Å². The van der Waals surface area contributed by atoms with E-state index in [1.54, 1.807) is 13.1 Å². The van der Waals surface area contributed by atoms with Gasteiger partial charge in [0, 0.05) is 13.0 Å². The Hall–Kier alpha value is -3.94. The van der Waals surface area contributed by atoms with E-state index in [1.807, 2.05) is 60.7 Å². The van der Waals surface area contributed by atoms with Crippen molar-refractivity contribution in [1.82, 2.24) is 4.90 Å². The number of allylic oxidation sites excluding steroid dienone is 1. The van der Waals surface area contributed by atoms with Crippen molar-refractivity contribution in [3.05, 3.63) is 101 Å². The lowest BCUT2D eigenvalue weighted by Crippen LogP contribution is -2.35. The van der Waals surface area contributed by atoms with Crippen LogP contribution in [0.15, 0.2) is 88.4 Å². The van der Waals surface area contributed by atoms with E-state index in [-0.39, 0.29) is 42.3 Å². The van der Waals surface area contributed by atoms with E-state index in [9.17, 15) is 14.7 Å². The molecule has 3 aromatic rings. The highest BCUT2D eigenvalue weighted by atomic mass is 16.5. The van der Waals surface area contributed by atoms with E-state index >= 15 is 0 Å². The summed E-state index contributed by atoms with van der Waals surface area (Å²) in [7, 11) is 1.59. The Bertz CT molecular complexity index is 1440. The first kappa shape index (κ1) is 26.3. The number of carbonyl (C=O) groups excluding carboxylic acids is 2. The molecule has 2 saturated heterocycles. The minimum absolute atomic E-state index is 0.104. The molecule has 3 heterocycles. The first-order chi connectivity index (χ1) is 19.5. The number of amides is 2. The Morgan fingerprint density at radius 2 is 1.75 bits per heavy atom. The van der Waals surface area contributed by atoms with Gasteiger partial charge in [0.25, 0.3) is 0 Å². The molecule has 7 nitrogen and oxygen atoms in total. The fourth-order valence-electron chi connectivity index (χ4n) is 6.42. The van der Waals surface area contributed by atoms with E-state index in [4.69, 9.17) is 13.9 Å². The van der Waals surface area contributed by atoms with Crippen molar-refractivity contribution in [2.24, 2.45) is 17.8 Å². The normalized spacial score (nSPS) is 24.4. The number of aliphatic hydroxyl groups is 1. The van der Waals surface area contributed by atoms with Crippen LogP contribution in [0.2, 0.25) is 0 Å². The minimum atomic E-state index is -0.373. The average molecular weight is 540 g/mol. The van der Waals surface area contributed by atoms with Crippen molar-refractivity contribution in [1.29, 1.82) is 0 Å². The average Bonchev–Trinajstić information content (AvgIpc) is 3.69. The Morgan fingerprint density at radius 3 is 2.48 bits per heavy atom. The first-order valence-corrected chi connectivity index (χ1v) is 13.8. The van der Waals surface area contributed by atoms with Crippen LogP contribution >= 0.6 is 0 Å². The summed E-state index contributed by atoms with van der Waals surface area (Å²) in [4.78, 5) is 27.4. The first-order valence-electron chi connectivity index (χ1n) is 13.8. The number of hydrogen-bond donors (Lipinski definition) is 1. The SMILES string of the molecule is CN1C(=O)[C@@H]2[C@@H](CC(COc3ccccc3)=C3[C@@H](CC/C(=C/c4ccc(CO)o4)c4ccccc4)OC[C@@H]32)C1=O. The van der Waals surface area contributed by atoms with Gasteiger partial charge in [-0.15, -0.1) is 0 Å². The molecule has 7 heteroatoms. The summed E-state index contributed by atoms with van der Waals surface area (Å²) in [6.45, 7) is 0.638. The fourth-order valence-corrected chi connectivity index (χ4v) is 6.42. The van der Waals surface area contributed by atoms with Gasteiger partial charge in [-0.05, 0) is 71.9 Å². The summed E-state index contributed by atoms with van der Waals surface area (Å²) in [5.74, 6) is 0.905. The molecule has 2 fully saturated rings. The van der Waals surface area contributed by atoms with E-state index in [0.29, 0.717) is 44.0 Å². The minimum Gasteiger partial charge on any atom is -0.489 e. The number of nitrogens with zero attached hydrogens (tertiary/aromatic N) is 1. The monoisotopic (exact) mass is 539 g/mol. The molecule has 2 amide bonds. The van der Waals surface area contributed by atoms with Gasteiger partial charge in [-0.2, -0.15) is 0 Å². The summed E-state index contributed by atoms with van der Waals surface area (Å²) < 4.78 is 18.3. The van der Waals surface area contributed by atoms with Gasteiger partial charge in [0.15, 0.2) is 0 Å². The predicted molar refractivity (Wildman–Crippen MR) is 150 cm³/mol. The second kappa shape index (κ2) is 11.3. The second-order valence-corrected chi connectivity index (χ2v) is 10.7. The number of carbonyl (C=O) groups is 2. The lowest BCUT2D eigenvalue weighted by Gasteiger charge is -2.32. The molecule has 4 atom stereocenters. The Kier molecular flexibility index (Phi) is 7.41. The van der Waals surface area contributed by atoms with Crippen LogP contribution in [0.1, 0.15) is 36.3 Å². The van der Waals surface area contributed by atoms with Crippen molar-refractivity contribution in [2.45, 2.75) is 32.0 Å². The number of fused-ring (bicyclic) bond motifs is 3. The van der Waals surface area contributed by atoms with E-state index in [1.165, 1.54) is 4.90 Å². The zero-order valence-electron chi connectivity index (χ0n) is 22.5. The van der Waals surface area contributed by atoms with Crippen molar-refractivity contribution in [3.63, 3.8) is 0 Å². The number of likely N-dealkylation sites (tertiary alicyclic amines) is 1. The molecule has 0 radical (unpaired) electrons. The highest BCUT2D eigenvalue weighted by molar-refractivity contribution is 6.05. The van der Waals surface area contributed by atoms with Gasteiger partial charge < -0.3 is 19.0 Å². The fraction of sp³-hybridized carbons (Fsp3) is 0.333. The zero-order valence-corrected chi connectivity index (χ0v) is 22.5. The Labute approximate surface area is 233 Å². The van der Waals surface area contributed by atoms with Gasteiger partial charge in [0.1, 0.15) is 30.5 Å². The molecule has 1 aliphatic carbocycles. The van der Waals surface area contributed by atoms with Crippen LogP contribution < -0.4 is 4.74 Å². The number of imide groups is 1. The lowest BCUT2D eigenvalue weighted by atomic mass is 9.69. The number of benzene rings is 2. The lowest BCUT2D eigenvalue weighted by molar-refractivity contribution is -0.138. The number of furan rings is 1. The van der Waals surface area contributed by atoms with Gasteiger partial charge in [0.05, 0.1) is 24.5 Å². The summed E-state index contributed by atoms with van der Waals surface area (Å²) in [6, 6.07) is 23.4. The number of hydrogen-bond acceptors (Lipinski definition) is 6. The van der Waals surface area contributed by atoms with Gasteiger partial charge in [0.2, 0.25) is 11.8 Å². The number of rotatable bonds is 9. The molecule has 2 aliphatic heterocycles. The second-order valence-electron chi connectivity index (χ2n) is 10.7. The molecule has 0 spiro atoms. The molecular weight excluding hydrogens is 506 g/mol. The smallest absolute Gasteiger partial charge is 0.233 e. The summed E-state index contributed by atoms with van der Waals surface area (Å²) in [6.07, 6.45) is 3.78. The van der Waals surface area contributed by atoms with Gasteiger partial charge >= 0.3 is 0 Å². The number of para-hydroxylation sites is 1. The summed E-state index contributed by atoms with van der Waals surface area (Å²) in [5, 5.41) is 9.42. The van der Waals surface area contributed by atoms with E-state index < -0.39 is 0 Å². The third-order valence-electron chi connectivity index (χ3n) is 8.36. The maximum atomic E-state index is 13.1. The molecular formula is C33H33NO6. The third kappa shape index (κ3) is 5.03. The molecule has 0 saturated carbocycles. The topological polar surface area (TPSA) is 89.2 Å². The molecule has 1 N–H and O–H groups in total. The predicted octanol–water partition coefficient (Wildman–Crippen LogP) is 5.12. The van der Waals surface area contributed by atoms with Crippen molar-refractivity contribution < 1.29 is 28.6 Å².